The Morgan fingerprint density at radius 3 is 2.68 bits per heavy atom. The molecule has 2 aromatic rings. The van der Waals surface area contributed by atoms with Crippen LogP contribution in [-0.4, -0.2) is 29.0 Å². The quantitative estimate of drug-likeness (QED) is 0.810. The highest BCUT2D eigenvalue weighted by Crippen LogP contribution is 2.27. The molecular formula is C14H15NO4. The molecule has 2 rings (SSSR count). The van der Waals surface area contributed by atoms with Gasteiger partial charge in [0.05, 0.1) is 19.2 Å². The summed E-state index contributed by atoms with van der Waals surface area (Å²) in [5.41, 5.74) is 1.64. The molecule has 1 heterocycles. The minimum Gasteiger partial charge on any atom is -0.497 e. The number of rotatable bonds is 5. The Bertz CT molecular complexity index is 642. The monoisotopic (exact) mass is 261 g/mol. The van der Waals surface area contributed by atoms with Gasteiger partial charge in [-0.25, -0.2) is 0 Å². The molecule has 0 fully saturated rings. The van der Waals surface area contributed by atoms with Crippen molar-refractivity contribution in [1.82, 2.24) is 4.98 Å². The van der Waals surface area contributed by atoms with E-state index in [-0.39, 0.29) is 12.2 Å². The number of carbonyl (C=O) groups excluding carboxylic acids is 1. The largest absolute Gasteiger partial charge is 0.497 e. The third-order valence-corrected chi connectivity index (χ3v) is 3.04. The third kappa shape index (κ3) is 2.45. The Hall–Kier alpha value is -2.30. The third-order valence-electron chi connectivity index (χ3n) is 3.04. The molecule has 1 aromatic carbocycles. The van der Waals surface area contributed by atoms with Crippen molar-refractivity contribution in [3.63, 3.8) is 0 Å². The zero-order chi connectivity index (χ0) is 14.0. The fourth-order valence-electron chi connectivity index (χ4n) is 2.11. The molecular weight excluding hydrogens is 246 g/mol. The summed E-state index contributed by atoms with van der Waals surface area (Å²) in [6, 6.07) is 5.28. The molecule has 0 saturated heterocycles. The van der Waals surface area contributed by atoms with E-state index in [9.17, 15) is 9.59 Å². The van der Waals surface area contributed by atoms with Gasteiger partial charge in [-0.15, -0.1) is 0 Å². The smallest absolute Gasteiger partial charge is 0.307 e. The lowest BCUT2D eigenvalue weighted by Crippen LogP contribution is -2.06. The second-order valence-electron chi connectivity index (χ2n) is 4.24. The maximum atomic E-state index is 11.9. The molecule has 0 amide bonds. The van der Waals surface area contributed by atoms with E-state index in [1.54, 1.807) is 32.2 Å². The number of aromatic nitrogens is 1. The van der Waals surface area contributed by atoms with E-state index in [0.717, 1.165) is 5.39 Å². The van der Waals surface area contributed by atoms with Crippen molar-refractivity contribution in [2.75, 3.05) is 7.11 Å². The minimum atomic E-state index is -0.957. The number of Topliss-reactive ketones (excluding diaryl/α,β-unsaturated/α-hetero) is 1. The van der Waals surface area contributed by atoms with Crippen LogP contribution < -0.4 is 4.74 Å². The van der Waals surface area contributed by atoms with Crippen molar-refractivity contribution in [1.29, 1.82) is 0 Å². The normalized spacial score (nSPS) is 10.6. The van der Waals surface area contributed by atoms with Crippen LogP contribution in [0.3, 0.4) is 0 Å². The zero-order valence-electron chi connectivity index (χ0n) is 10.8. The number of hydrogen-bond acceptors (Lipinski definition) is 3. The van der Waals surface area contributed by atoms with E-state index < -0.39 is 5.97 Å². The van der Waals surface area contributed by atoms with E-state index in [1.807, 2.05) is 0 Å². The summed E-state index contributed by atoms with van der Waals surface area (Å²) in [5.74, 6) is -0.389. The Morgan fingerprint density at radius 2 is 2.11 bits per heavy atom. The average molecular weight is 261 g/mol. The molecule has 2 N–H and O–H groups in total. The van der Waals surface area contributed by atoms with Crippen molar-refractivity contribution in [3.8, 4) is 5.75 Å². The average Bonchev–Trinajstić information content (AvgIpc) is 2.75. The van der Waals surface area contributed by atoms with Gasteiger partial charge in [0.1, 0.15) is 5.75 Å². The Labute approximate surface area is 110 Å². The second kappa shape index (κ2) is 5.14. The van der Waals surface area contributed by atoms with Gasteiger partial charge in [-0.1, -0.05) is 6.92 Å². The number of carbonyl (C=O) groups is 2. The molecule has 0 aliphatic rings. The minimum absolute atomic E-state index is 0.0913. The van der Waals surface area contributed by atoms with Gasteiger partial charge in [-0.2, -0.15) is 0 Å². The van der Waals surface area contributed by atoms with Crippen molar-refractivity contribution in [2.45, 2.75) is 19.8 Å². The molecule has 0 radical (unpaired) electrons. The fraction of sp³-hybridized carbons (Fsp3) is 0.286. The molecule has 0 aliphatic carbocycles. The molecule has 5 heteroatoms. The number of methoxy groups -OCH3 is 1. The molecule has 100 valence electrons. The van der Waals surface area contributed by atoms with Gasteiger partial charge in [0, 0.05) is 23.4 Å². The van der Waals surface area contributed by atoms with E-state index in [4.69, 9.17) is 9.84 Å². The molecule has 1 aromatic heterocycles. The SMILES string of the molecule is CCC(=O)c1[nH]c2cc(OC)ccc2c1CC(=O)O. The number of aromatic amines is 1. The van der Waals surface area contributed by atoms with Crippen LogP contribution in [0, 0.1) is 0 Å². The van der Waals surface area contributed by atoms with E-state index in [2.05, 4.69) is 4.98 Å². The first-order chi connectivity index (χ1) is 9.06. The second-order valence-corrected chi connectivity index (χ2v) is 4.24. The van der Waals surface area contributed by atoms with Gasteiger partial charge >= 0.3 is 5.97 Å². The molecule has 0 atom stereocenters. The summed E-state index contributed by atoms with van der Waals surface area (Å²) in [6.07, 6.45) is 0.157. The first-order valence-corrected chi connectivity index (χ1v) is 6.00. The molecule has 0 bridgehead atoms. The first kappa shape index (κ1) is 13.1. The summed E-state index contributed by atoms with van der Waals surface area (Å²) >= 11 is 0. The number of H-pyrrole nitrogens is 1. The summed E-state index contributed by atoms with van der Waals surface area (Å²) in [7, 11) is 1.56. The number of benzene rings is 1. The Morgan fingerprint density at radius 1 is 1.37 bits per heavy atom. The Balaban J connectivity index is 2.64. The first-order valence-electron chi connectivity index (χ1n) is 6.00. The highest BCUT2D eigenvalue weighted by molar-refractivity contribution is 6.03. The highest BCUT2D eigenvalue weighted by atomic mass is 16.5. The van der Waals surface area contributed by atoms with E-state index in [1.165, 1.54) is 0 Å². The zero-order valence-corrected chi connectivity index (χ0v) is 10.8. The number of ether oxygens (including phenoxy) is 1. The number of carboxylic acid groups (broad SMARTS) is 1. The predicted molar refractivity (Wildman–Crippen MR) is 70.8 cm³/mol. The van der Waals surface area contributed by atoms with Gasteiger partial charge in [0.15, 0.2) is 5.78 Å². The van der Waals surface area contributed by atoms with E-state index >= 15 is 0 Å². The van der Waals surface area contributed by atoms with Gasteiger partial charge < -0.3 is 14.8 Å². The van der Waals surface area contributed by atoms with Gasteiger partial charge in [-0.05, 0) is 17.7 Å². The van der Waals surface area contributed by atoms with Crippen LogP contribution in [0.1, 0.15) is 29.4 Å². The van der Waals surface area contributed by atoms with Crippen LogP contribution in [0.2, 0.25) is 0 Å². The molecule has 0 spiro atoms. The number of fused-ring (bicyclic) bond motifs is 1. The van der Waals surface area contributed by atoms with Crippen LogP contribution in [0.15, 0.2) is 18.2 Å². The van der Waals surface area contributed by atoms with Crippen molar-refractivity contribution in [3.05, 3.63) is 29.5 Å². The number of nitrogens with one attached hydrogen (secondary N) is 1. The van der Waals surface area contributed by atoms with Crippen LogP contribution in [0.5, 0.6) is 5.75 Å². The predicted octanol–water partition coefficient (Wildman–Crippen LogP) is 2.40. The standard InChI is InChI=1S/C14H15NO4/c1-3-12(16)14-10(7-13(17)18)9-5-4-8(19-2)6-11(9)15-14/h4-6,15H,3,7H2,1-2H3,(H,17,18). The summed E-state index contributed by atoms with van der Waals surface area (Å²) < 4.78 is 5.12. The summed E-state index contributed by atoms with van der Waals surface area (Å²) in [4.78, 5) is 25.8. The number of aliphatic carboxylic acids is 1. The number of hydrogen-bond donors (Lipinski definition) is 2. The van der Waals surface area contributed by atoms with Crippen LogP contribution in [-0.2, 0) is 11.2 Å². The molecule has 0 aliphatic heterocycles. The maximum Gasteiger partial charge on any atom is 0.307 e. The fourth-order valence-corrected chi connectivity index (χ4v) is 2.11. The lowest BCUT2D eigenvalue weighted by atomic mass is 10.0. The van der Waals surface area contributed by atoms with Crippen molar-refractivity contribution >= 4 is 22.7 Å². The van der Waals surface area contributed by atoms with Crippen LogP contribution in [0.4, 0.5) is 0 Å². The molecule has 0 unspecified atom stereocenters. The summed E-state index contributed by atoms with van der Waals surface area (Å²) in [5, 5.41) is 9.72. The topological polar surface area (TPSA) is 79.4 Å². The van der Waals surface area contributed by atoms with Crippen LogP contribution >= 0.6 is 0 Å². The van der Waals surface area contributed by atoms with Crippen LogP contribution in [0.25, 0.3) is 10.9 Å². The lowest BCUT2D eigenvalue weighted by Gasteiger charge is -2.00. The van der Waals surface area contributed by atoms with Crippen molar-refractivity contribution in [2.24, 2.45) is 0 Å². The highest BCUT2D eigenvalue weighted by Gasteiger charge is 2.18. The van der Waals surface area contributed by atoms with E-state index in [0.29, 0.717) is 28.9 Å². The Kier molecular flexibility index (Phi) is 3.55. The van der Waals surface area contributed by atoms with Gasteiger partial charge in [-0.3, -0.25) is 9.59 Å². The molecule has 5 nitrogen and oxygen atoms in total. The maximum absolute atomic E-state index is 11.9. The van der Waals surface area contributed by atoms with Gasteiger partial charge in [0.2, 0.25) is 0 Å². The summed E-state index contributed by atoms with van der Waals surface area (Å²) in [6.45, 7) is 1.75. The molecule has 19 heavy (non-hydrogen) atoms. The van der Waals surface area contributed by atoms with Crippen molar-refractivity contribution < 1.29 is 19.4 Å². The number of ketones is 1. The number of carboxylic acids is 1. The lowest BCUT2D eigenvalue weighted by molar-refractivity contribution is -0.136. The van der Waals surface area contributed by atoms with Gasteiger partial charge in [0.25, 0.3) is 0 Å². The molecule has 0 saturated carbocycles.